The van der Waals surface area contributed by atoms with Gasteiger partial charge in [-0.15, -0.1) is 0 Å². The molecule has 0 aliphatic carbocycles. The maximum absolute atomic E-state index is 10.9. The largest absolute Gasteiger partial charge is 0.447 e. The molecule has 0 rings (SSSR count). The van der Waals surface area contributed by atoms with Crippen molar-refractivity contribution in [2.45, 2.75) is 60.0 Å². The van der Waals surface area contributed by atoms with E-state index in [1.807, 2.05) is 27.7 Å². The number of alkyl carbamates (subject to hydrolysis) is 1. The summed E-state index contributed by atoms with van der Waals surface area (Å²) in [5.41, 5.74) is 0. The molecule has 0 fully saturated rings. The number of hydrogen-bond donors (Lipinski definition) is 1. The first kappa shape index (κ1) is 15.7. The molecule has 3 heteroatoms. The van der Waals surface area contributed by atoms with Crippen LogP contribution in [0.3, 0.4) is 0 Å². The first-order chi connectivity index (χ1) is 6.66. The van der Waals surface area contributed by atoms with Crippen molar-refractivity contribution in [1.29, 1.82) is 0 Å². The lowest BCUT2D eigenvalue weighted by molar-refractivity contribution is 0.115. The van der Waals surface area contributed by atoms with Crippen LogP contribution in [0.25, 0.3) is 0 Å². The van der Waals surface area contributed by atoms with Crippen molar-refractivity contribution in [3.63, 3.8) is 0 Å². The smallest absolute Gasteiger partial charge is 0.407 e. The van der Waals surface area contributed by atoms with Crippen LogP contribution in [0.5, 0.6) is 0 Å². The van der Waals surface area contributed by atoms with E-state index in [4.69, 9.17) is 4.74 Å². The molecule has 0 bridgehead atoms. The SMILES string of the molecule is CC.CCCCCNC(=O)OC(C)C. The molecule has 1 N–H and O–H groups in total. The highest BCUT2D eigenvalue weighted by molar-refractivity contribution is 5.67. The van der Waals surface area contributed by atoms with Crippen molar-refractivity contribution >= 4 is 6.09 Å². The van der Waals surface area contributed by atoms with E-state index in [1.54, 1.807) is 0 Å². The van der Waals surface area contributed by atoms with Gasteiger partial charge in [-0.2, -0.15) is 0 Å². The van der Waals surface area contributed by atoms with Crippen LogP contribution in [-0.4, -0.2) is 18.7 Å². The molecule has 0 atom stereocenters. The number of hydrogen-bond acceptors (Lipinski definition) is 2. The van der Waals surface area contributed by atoms with Gasteiger partial charge in [0.25, 0.3) is 0 Å². The Kier molecular flexibility index (Phi) is 13.8. The Morgan fingerprint density at radius 1 is 1.29 bits per heavy atom. The van der Waals surface area contributed by atoms with Crippen molar-refractivity contribution in [1.82, 2.24) is 5.32 Å². The van der Waals surface area contributed by atoms with Gasteiger partial charge in [0.2, 0.25) is 0 Å². The number of carbonyl (C=O) groups is 1. The first-order valence-electron chi connectivity index (χ1n) is 5.61. The average Bonchev–Trinajstić information content (AvgIpc) is 2.15. The summed E-state index contributed by atoms with van der Waals surface area (Å²) in [6.07, 6.45) is 3.02. The van der Waals surface area contributed by atoms with Gasteiger partial charge in [0.15, 0.2) is 0 Å². The molecule has 0 saturated carbocycles. The third-order valence-corrected chi connectivity index (χ3v) is 1.39. The van der Waals surface area contributed by atoms with Gasteiger partial charge in [-0.25, -0.2) is 4.79 Å². The number of unbranched alkanes of at least 4 members (excludes halogenated alkanes) is 2. The standard InChI is InChI=1S/C9H19NO2.C2H6/c1-4-5-6-7-10-9(11)12-8(2)3;1-2/h8H,4-7H2,1-3H3,(H,10,11);1-2H3. The van der Waals surface area contributed by atoms with Gasteiger partial charge >= 0.3 is 6.09 Å². The van der Waals surface area contributed by atoms with Crippen molar-refractivity contribution < 1.29 is 9.53 Å². The summed E-state index contributed by atoms with van der Waals surface area (Å²) < 4.78 is 4.88. The van der Waals surface area contributed by atoms with Gasteiger partial charge < -0.3 is 10.1 Å². The minimum absolute atomic E-state index is 0.0313. The molecule has 0 saturated heterocycles. The lowest BCUT2D eigenvalue weighted by Crippen LogP contribution is -2.27. The van der Waals surface area contributed by atoms with E-state index in [2.05, 4.69) is 12.2 Å². The number of amides is 1. The van der Waals surface area contributed by atoms with E-state index in [1.165, 1.54) is 6.42 Å². The summed E-state index contributed by atoms with van der Waals surface area (Å²) >= 11 is 0. The Balaban J connectivity index is 0. The Labute approximate surface area is 88.2 Å². The molecule has 1 amide bonds. The van der Waals surface area contributed by atoms with Gasteiger partial charge in [0.1, 0.15) is 0 Å². The summed E-state index contributed by atoms with van der Waals surface area (Å²) in [4.78, 5) is 10.9. The number of carbonyl (C=O) groups excluding carboxylic acids is 1. The average molecular weight is 203 g/mol. The molecule has 0 radical (unpaired) electrons. The first-order valence-corrected chi connectivity index (χ1v) is 5.61. The summed E-state index contributed by atoms with van der Waals surface area (Å²) in [5.74, 6) is 0. The Hall–Kier alpha value is -0.730. The molecule has 0 aliphatic rings. The number of ether oxygens (including phenoxy) is 1. The molecule has 0 spiro atoms. The zero-order valence-electron chi connectivity index (χ0n) is 10.2. The predicted octanol–water partition coefficient (Wildman–Crippen LogP) is 3.34. The van der Waals surface area contributed by atoms with E-state index in [9.17, 15) is 4.79 Å². The van der Waals surface area contributed by atoms with E-state index in [0.717, 1.165) is 19.4 Å². The third kappa shape index (κ3) is 13.8. The second kappa shape index (κ2) is 12.3. The maximum Gasteiger partial charge on any atom is 0.407 e. The minimum atomic E-state index is -0.305. The molecular weight excluding hydrogens is 178 g/mol. The molecule has 0 aliphatic heterocycles. The second-order valence-electron chi connectivity index (χ2n) is 3.09. The summed E-state index contributed by atoms with van der Waals surface area (Å²) in [5, 5.41) is 2.69. The zero-order valence-corrected chi connectivity index (χ0v) is 10.2. The molecule has 0 aromatic rings. The van der Waals surface area contributed by atoms with Crippen molar-refractivity contribution in [3.8, 4) is 0 Å². The van der Waals surface area contributed by atoms with E-state index >= 15 is 0 Å². The predicted molar refractivity (Wildman–Crippen MR) is 60.5 cm³/mol. The van der Waals surface area contributed by atoms with Crippen LogP contribution in [0.15, 0.2) is 0 Å². The molecule has 0 aromatic heterocycles. The Morgan fingerprint density at radius 3 is 2.29 bits per heavy atom. The van der Waals surface area contributed by atoms with Crippen LogP contribution in [0, 0.1) is 0 Å². The van der Waals surface area contributed by atoms with Crippen molar-refractivity contribution in [2.75, 3.05) is 6.54 Å². The fourth-order valence-electron chi connectivity index (χ4n) is 0.821. The fraction of sp³-hybridized carbons (Fsp3) is 0.909. The van der Waals surface area contributed by atoms with E-state index in [0.29, 0.717) is 0 Å². The molecule has 86 valence electrons. The highest BCUT2D eigenvalue weighted by Crippen LogP contribution is 1.92. The van der Waals surface area contributed by atoms with Crippen LogP contribution in [0.2, 0.25) is 0 Å². The highest BCUT2D eigenvalue weighted by Gasteiger charge is 2.02. The van der Waals surface area contributed by atoms with E-state index < -0.39 is 0 Å². The van der Waals surface area contributed by atoms with Crippen molar-refractivity contribution in [3.05, 3.63) is 0 Å². The quantitative estimate of drug-likeness (QED) is 0.696. The van der Waals surface area contributed by atoms with Gasteiger partial charge in [0, 0.05) is 6.54 Å². The van der Waals surface area contributed by atoms with Crippen LogP contribution in [-0.2, 0) is 4.74 Å². The lowest BCUT2D eigenvalue weighted by Gasteiger charge is -2.08. The fourth-order valence-corrected chi connectivity index (χ4v) is 0.821. The molecule has 0 heterocycles. The Bertz CT molecular complexity index is 124. The second-order valence-corrected chi connectivity index (χ2v) is 3.09. The normalized spacial score (nSPS) is 9.00. The molecule has 14 heavy (non-hydrogen) atoms. The highest BCUT2D eigenvalue weighted by atomic mass is 16.6. The molecule has 0 unspecified atom stereocenters. The van der Waals surface area contributed by atoms with Crippen molar-refractivity contribution in [2.24, 2.45) is 0 Å². The summed E-state index contributed by atoms with van der Waals surface area (Å²) in [6.45, 7) is 10.5. The van der Waals surface area contributed by atoms with Gasteiger partial charge in [0.05, 0.1) is 6.10 Å². The van der Waals surface area contributed by atoms with E-state index in [-0.39, 0.29) is 12.2 Å². The maximum atomic E-state index is 10.9. The topological polar surface area (TPSA) is 38.3 Å². The van der Waals surface area contributed by atoms with Crippen LogP contribution < -0.4 is 5.32 Å². The Morgan fingerprint density at radius 2 is 1.86 bits per heavy atom. The number of rotatable bonds is 5. The number of nitrogens with one attached hydrogen (secondary N) is 1. The van der Waals surface area contributed by atoms with Crippen LogP contribution >= 0.6 is 0 Å². The zero-order chi connectivity index (χ0) is 11.4. The summed E-state index contributed by atoms with van der Waals surface area (Å²) in [7, 11) is 0. The van der Waals surface area contributed by atoms with Gasteiger partial charge in [-0.3, -0.25) is 0 Å². The van der Waals surface area contributed by atoms with Gasteiger partial charge in [-0.05, 0) is 20.3 Å². The third-order valence-electron chi connectivity index (χ3n) is 1.39. The monoisotopic (exact) mass is 203 g/mol. The lowest BCUT2D eigenvalue weighted by atomic mass is 10.2. The van der Waals surface area contributed by atoms with Crippen LogP contribution in [0.1, 0.15) is 53.9 Å². The molecular formula is C11H25NO2. The molecule has 0 aromatic carbocycles. The minimum Gasteiger partial charge on any atom is -0.447 e. The van der Waals surface area contributed by atoms with Gasteiger partial charge in [-0.1, -0.05) is 33.6 Å². The molecule has 3 nitrogen and oxygen atoms in total. The van der Waals surface area contributed by atoms with Crippen LogP contribution in [0.4, 0.5) is 4.79 Å². The summed E-state index contributed by atoms with van der Waals surface area (Å²) in [6, 6.07) is 0.